The third-order valence-corrected chi connectivity index (χ3v) is 5.82. The van der Waals surface area contributed by atoms with Gasteiger partial charge in [-0.15, -0.1) is 0 Å². The van der Waals surface area contributed by atoms with E-state index >= 15 is 0 Å². The normalized spacial score (nSPS) is 19.3. The highest BCUT2D eigenvalue weighted by atomic mass is 16.5. The Bertz CT molecular complexity index is 822. The van der Waals surface area contributed by atoms with E-state index in [0.717, 1.165) is 30.5 Å². The summed E-state index contributed by atoms with van der Waals surface area (Å²) in [5, 5.41) is 0. The molecule has 0 saturated carbocycles. The maximum absolute atomic E-state index is 12.9. The lowest BCUT2D eigenvalue weighted by Crippen LogP contribution is -2.18. The molecule has 142 valence electrons. The first kappa shape index (κ1) is 18.1. The molecule has 0 bridgehead atoms. The van der Waals surface area contributed by atoms with Crippen LogP contribution in [0.3, 0.4) is 0 Å². The van der Waals surface area contributed by atoms with Crippen molar-refractivity contribution in [2.45, 2.75) is 32.2 Å². The Morgan fingerprint density at radius 3 is 2.26 bits per heavy atom. The largest absolute Gasteiger partial charge is 0.493 e. The van der Waals surface area contributed by atoms with Crippen LogP contribution in [0.5, 0.6) is 11.5 Å². The van der Waals surface area contributed by atoms with Crippen LogP contribution in [-0.4, -0.2) is 38.0 Å². The molecule has 4 rings (SSSR count). The van der Waals surface area contributed by atoms with Gasteiger partial charge in [-0.05, 0) is 67.6 Å². The number of Topliss-reactive ketones (excluding diaryl/α,β-unsaturated/α-hetero) is 1. The Balaban J connectivity index is 1.44. The summed E-state index contributed by atoms with van der Waals surface area (Å²) in [5.41, 5.74) is 4.43. The fraction of sp³-hybridized carbons (Fsp3) is 0.435. The number of likely N-dealkylation sites (tertiary alicyclic amines) is 1. The van der Waals surface area contributed by atoms with Crippen molar-refractivity contribution in [2.24, 2.45) is 5.92 Å². The monoisotopic (exact) mass is 365 g/mol. The summed E-state index contributed by atoms with van der Waals surface area (Å²) < 4.78 is 10.7. The number of nitrogens with zero attached hydrogens (tertiary/aromatic N) is 1. The smallest absolute Gasteiger partial charge is 0.167 e. The minimum atomic E-state index is 0.00115. The molecular formula is C23H27NO3. The minimum absolute atomic E-state index is 0.00115. The van der Waals surface area contributed by atoms with Gasteiger partial charge >= 0.3 is 0 Å². The van der Waals surface area contributed by atoms with Gasteiger partial charge in [0.15, 0.2) is 17.3 Å². The molecule has 0 amide bonds. The SMILES string of the molecule is COc1cc2c(cc1OC)C(=O)C(Cc1ccc(CN3CCCC3)cc1)C2. The fourth-order valence-electron chi connectivity index (χ4n) is 4.33. The molecule has 2 aliphatic rings. The molecule has 1 heterocycles. The average molecular weight is 365 g/mol. The summed E-state index contributed by atoms with van der Waals surface area (Å²) in [6, 6.07) is 12.6. The van der Waals surface area contributed by atoms with Crippen LogP contribution >= 0.6 is 0 Å². The standard InChI is InChI=1S/C23H27NO3/c1-26-21-13-18-12-19(23(25)20(18)14-22(21)27-2)11-16-5-7-17(8-6-16)15-24-9-3-4-10-24/h5-8,13-14,19H,3-4,9-12,15H2,1-2H3. The number of rotatable bonds is 6. The molecule has 2 aromatic rings. The quantitative estimate of drug-likeness (QED) is 0.778. The zero-order valence-corrected chi connectivity index (χ0v) is 16.2. The molecule has 1 unspecified atom stereocenters. The second kappa shape index (κ2) is 7.73. The van der Waals surface area contributed by atoms with Crippen molar-refractivity contribution in [2.75, 3.05) is 27.3 Å². The van der Waals surface area contributed by atoms with Gasteiger partial charge in [-0.2, -0.15) is 0 Å². The third kappa shape index (κ3) is 3.72. The number of fused-ring (bicyclic) bond motifs is 1. The predicted octanol–water partition coefficient (Wildman–Crippen LogP) is 3.90. The number of methoxy groups -OCH3 is 2. The maximum atomic E-state index is 12.9. The van der Waals surface area contributed by atoms with E-state index in [0.29, 0.717) is 11.5 Å². The summed E-state index contributed by atoms with van der Waals surface area (Å²) in [7, 11) is 3.23. The molecule has 4 nitrogen and oxygen atoms in total. The number of ketones is 1. The minimum Gasteiger partial charge on any atom is -0.493 e. The van der Waals surface area contributed by atoms with Gasteiger partial charge in [0.2, 0.25) is 0 Å². The van der Waals surface area contributed by atoms with Gasteiger partial charge in [0, 0.05) is 18.0 Å². The lowest BCUT2D eigenvalue weighted by Gasteiger charge is -2.15. The van der Waals surface area contributed by atoms with Gasteiger partial charge in [0.1, 0.15) is 0 Å². The predicted molar refractivity (Wildman–Crippen MR) is 106 cm³/mol. The maximum Gasteiger partial charge on any atom is 0.167 e. The van der Waals surface area contributed by atoms with Crippen molar-refractivity contribution in [1.82, 2.24) is 4.90 Å². The first-order chi connectivity index (χ1) is 13.2. The van der Waals surface area contributed by atoms with E-state index in [1.807, 2.05) is 12.1 Å². The lowest BCUT2D eigenvalue weighted by molar-refractivity contribution is 0.0936. The van der Waals surface area contributed by atoms with Crippen LogP contribution < -0.4 is 9.47 Å². The van der Waals surface area contributed by atoms with E-state index in [4.69, 9.17) is 9.47 Å². The van der Waals surface area contributed by atoms with E-state index < -0.39 is 0 Å². The highest BCUT2D eigenvalue weighted by Gasteiger charge is 2.32. The highest BCUT2D eigenvalue weighted by Crippen LogP contribution is 2.37. The van der Waals surface area contributed by atoms with E-state index in [1.165, 1.54) is 37.1 Å². The van der Waals surface area contributed by atoms with E-state index in [1.54, 1.807) is 14.2 Å². The Labute approximate surface area is 161 Å². The van der Waals surface area contributed by atoms with Crippen molar-refractivity contribution < 1.29 is 14.3 Å². The second-order valence-corrected chi connectivity index (χ2v) is 7.63. The molecule has 1 aliphatic heterocycles. The lowest BCUT2D eigenvalue weighted by atomic mass is 9.95. The topological polar surface area (TPSA) is 38.8 Å². The zero-order valence-electron chi connectivity index (χ0n) is 16.2. The van der Waals surface area contributed by atoms with Crippen LogP contribution in [0.1, 0.15) is 39.9 Å². The van der Waals surface area contributed by atoms with Crippen LogP contribution in [0, 0.1) is 5.92 Å². The molecule has 0 aromatic heterocycles. The van der Waals surface area contributed by atoms with E-state index in [9.17, 15) is 4.79 Å². The zero-order chi connectivity index (χ0) is 18.8. The Morgan fingerprint density at radius 1 is 0.963 bits per heavy atom. The van der Waals surface area contributed by atoms with Crippen LogP contribution in [0.2, 0.25) is 0 Å². The van der Waals surface area contributed by atoms with Gasteiger partial charge in [0.05, 0.1) is 14.2 Å². The molecule has 0 spiro atoms. The Hall–Kier alpha value is -2.33. The van der Waals surface area contributed by atoms with Gasteiger partial charge in [-0.3, -0.25) is 9.69 Å². The second-order valence-electron chi connectivity index (χ2n) is 7.63. The molecule has 4 heteroatoms. The number of hydrogen-bond donors (Lipinski definition) is 0. The Morgan fingerprint density at radius 2 is 1.59 bits per heavy atom. The van der Waals surface area contributed by atoms with Crippen molar-refractivity contribution in [3.8, 4) is 11.5 Å². The van der Waals surface area contributed by atoms with E-state index in [-0.39, 0.29) is 11.7 Å². The summed E-state index contributed by atoms with van der Waals surface area (Å²) >= 11 is 0. The molecular weight excluding hydrogens is 338 g/mol. The van der Waals surface area contributed by atoms with Gasteiger partial charge in [-0.1, -0.05) is 24.3 Å². The molecule has 1 fully saturated rings. The molecule has 1 aliphatic carbocycles. The van der Waals surface area contributed by atoms with Crippen LogP contribution in [0.25, 0.3) is 0 Å². The number of hydrogen-bond acceptors (Lipinski definition) is 4. The van der Waals surface area contributed by atoms with Crippen molar-refractivity contribution in [3.63, 3.8) is 0 Å². The molecule has 1 saturated heterocycles. The first-order valence-electron chi connectivity index (χ1n) is 9.77. The third-order valence-electron chi connectivity index (χ3n) is 5.82. The number of carbonyl (C=O) groups excluding carboxylic acids is 1. The number of benzene rings is 2. The van der Waals surface area contributed by atoms with Crippen LogP contribution in [0.15, 0.2) is 36.4 Å². The molecule has 1 atom stereocenters. The fourth-order valence-corrected chi connectivity index (χ4v) is 4.33. The molecule has 0 radical (unpaired) electrons. The molecule has 2 aromatic carbocycles. The van der Waals surface area contributed by atoms with Crippen LogP contribution in [0.4, 0.5) is 0 Å². The Kier molecular flexibility index (Phi) is 5.17. The summed E-state index contributed by atoms with van der Waals surface area (Å²) in [4.78, 5) is 15.4. The average Bonchev–Trinajstić information content (AvgIpc) is 3.30. The van der Waals surface area contributed by atoms with Gasteiger partial charge in [0.25, 0.3) is 0 Å². The summed E-state index contributed by atoms with van der Waals surface area (Å²) in [5.74, 6) is 1.53. The van der Waals surface area contributed by atoms with E-state index in [2.05, 4.69) is 29.2 Å². The number of carbonyl (C=O) groups is 1. The van der Waals surface area contributed by atoms with Crippen molar-refractivity contribution in [1.29, 1.82) is 0 Å². The van der Waals surface area contributed by atoms with Crippen molar-refractivity contribution in [3.05, 3.63) is 58.7 Å². The van der Waals surface area contributed by atoms with Crippen LogP contribution in [-0.2, 0) is 19.4 Å². The number of ether oxygens (including phenoxy) is 2. The summed E-state index contributed by atoms with van der Waals surface area (Å²) in [6.45, 7) is 3.46. The van der Waals surface area contributed by atoms with Crippen molar-refractivity contribution >= 4 is 5.78 Å². The van der Waals surface area contributed by atoms with Gasteiger partial charge < -0.3 is 9.47 Å². The molecule has 27 heavy (non-hydrogen) atoms. The highest BCUT2D eigenvalue weighted by molar-refractivity contribution is 6.03. The molecule has 0 N–H and O–H groups in total. The summed E-state index contributed by atoms with van der Waals surface area (Å²) in [6.07, 6.45) is 4.18. The van der Waals surface area contributed by atoms with Gasteiger partial charge in [-0.25, -0.2) is 0 Å². The first-order valence-corrected chi connectivity index (χ1v) is 9.77.